The number of aryl methyl sites for hydroxylation is 1. The quantitative estimate of drug-likeness (QED) is 0.849. The van der Waals surface area contributed by atoms with Crippen LogP contribution in [0.25, 0.3) is 6.08 Å². The van der Waals surface area contributed by atoms with Crippen LogP contribution in [-0.4, -0.2) is 39.5 Å². The molecule has 1 N–H and O–H groups in total. The Bertz CT molecular complexity index is 539. The highest BCUT2D eigenvalue weighted by atomic mass is 32.1. The number of hydrogen-bond acceptors (Lipinski definition) is 4. The number of carboxylic acid groups (broad SMARTS) is 1. The van der Waals surface area contributed by atoms with Crippen molar-refractivity contribution < 1.29 is 14.7 Å². The summed E-state index contributed by atoms with van der Waals surface area (Å²) in [6.45, 7) is 2.64. The second-order valence-electron chi connectivity index (χ2n) is 5.24. The molecule has 0 unspecified atom stereocenters. The van der Waals surface area contributed by atoms with Gasteiger partial charge in [-0.15, -0.1) is 11.3 Å². The molecule has 0 spiro atoms. The lowest BCUT2D eigenvalue weighted by Crippen LogP contribution is -2.43. The summed E-state index contributed by atoms with van der Waals surface area (Å²) < 4.78 is 0. The number of piperidine rings is 1. The van der Waals surface area contributed by atoms with Crippen molar-refractivity contribution in [3.63, 3.8) is 0 Å². The zero-order chi connectivity index (χ0) is 15.2. The van der Waals surface area contributed by atoms with Crippen LogP contribution in [0.4, 0.5) is 0 Å². The molecule has 1 saturated heterocycles. The third-order valence-corrected chi connectivity index (χ3v) is 4.43. The first-order valence-electron chi connectivity index (χ1n) is 7.19. The van der Waals surface area contributed by atoms with Gasteiger partial charge in [-0.3, -0.25) is 9.59 Å². The number of aromatic nitrogens is 1. The minimum Gasteiger partial charge on any atom is -0.481 e. The van der Waals surface area contributed by atoms with E-state index in [0.29, 0.717) is 13.0 Å². The molecule has 21 heavy (non-hydrogen) atoms. The zero-order valence-electron chi connectivity index (χ0n) is 12.1. The molecule has 0 bridgehead atoms. The van der Waals surface area contributed by atoms with E-state index in [9.17, 15) is 9.59 Å². The Kier molecular flexibility index (Phi) is 5.50. The molecule has 5 nitrogen and oxygen atoms in total. The molecular weight excluding hydrogens is 288 g/mol. The van der Waals surface area contributed by atoms with Gasteiger partial charge in [-0.05, 0) is 38.7 Å². The highest BCUT2D eigenvalue weighted by molar-refractivity contribution is 7.09. The second kappa shape index (κ2) is 7.36. The number of thiazole rings is 1. The van der Waals surface area contributed by atoms with Crippen molar-refractivity contribution in [2.24, 2.45) is 0 Å². The SMILES string of the molecule is Cc1nc(/C=C/C(=O)N2CCCC[C@H]2CCC(=O)O)cs1. The summed E-state index contributed by atoms with van der Waals surface area (Å²) in [6, 6.07) is 0.0455. The van der Waals surface area contributed by atoms with Gasteiger partial charge in [0.25, 0.3) is 0 Å². The number of rotatable bonds is 5. The lowest BCUT2D eigenvalue weighted by molar-refractivity contribution is -0.138. The summed E-state index contributed by atoms with van der Waals surface area (Å²) in [5.41, 5.74) is 0.796. The molecular formula is C15H20N2O3S. The van der Waals surface area contributed by atoms with E-state index in [4.69, 9.17) is 5.11 Å². The number of aliphatic carboxylic acids is 1. The Hall–Kier alpha value is -1.69. The lowest BCUT2D eigenvalue weighted by Gasteiger charge is -2.35. The smallest absolute Gasteiger partial charge is 0.303 e. The molecule has 1 aliphatic rings. The fourth-order valence-corrected chi connectivity index (χ4v) is 3.17. The predicted molar refractivity (Wildman–Crippen MR) is 82.1 cm³/mol. The molecule has 1 amide bonds. The van der Waals surface area contributed by atoms with Gasteiger partial charge in [-0.25, -0.2) is 4.98 Å². The van der Waals surface area contributed by atoms with Crippen LogP contribution in [0.2, 0.25) is 0 Å². The van der Waals surface area contributed by atoms with Crippen LogP contribution >= 0.6 is 11.3 Å². The first-order valence-corrected chi connectivity index (χ1v) is 8.07. The normalized spacial score (nSPS) is 19.1. The molecule has 1 aliphatic heterocycles. The van der Waals surface area contributed by atoms with Gasteiger partial charge in [0.15, 0.2) is 0 Å². The summed E-state index contributed by atoms with van der Waals surface area (Å²) in [6.07, 6.45) is 6.86. The third kappa shape index (κ3) is 4.67. The van der Waals surface area contributed by atoms with Crippen LogP contribution in [0, 0.1) is 6.92 Å². The van der Waals surface area contributed by atoms with Crippen LogP contribution in [0.15, 0.2) is 11.5 Å². The molecule has 0 aliphatic carbocycles. The minimum absolute atomic E-state index is 0.0455. The van der Waals surface area contributed by atoms with Crippen molar-refractivity contribution in [2.75, 3.05) is 6.54 Å². The van der Waals surface area contributed by atoms with Crippen LogP contribution in [0.5, 0.6) is 0 Å². The van der Waals surface area contributed by atoms with Gasteiger partial charge in [0.2, 0.25) is 5.91 Å². The Morgan fingerprint density at radius 1 is 1.52 bits per heavy atom. The topological polar surface area (TPSA) is 70.5 Å². The highest BCUT2D eigenvalue weighted by Crippen LogP contribution is 2.21. The van der Waals surface area contributed by atoms with Crippen molar-refractivity contribution >= 4 is 29.3 Å². The number of nitrogens with zero attached hydrogens (tertiary/aromatic N) is 2. The summed E-state index contributed by atoms with van der Waals surface area (Å²) in [4.78, 5) is 29.1. The molecule has 2 rings (SSSR count). The monoisotopic (exact) mass is 308 g/mol. The first-order chi connectivity index (χ1) is 10.1. The maximum atomic E-state index is 12.3. The summed E-state index contributed by atoms with van der Waals surface area (Å²) in [5, 5.41) is 11.7. The summed E-state index contributed by atoms with van der Waals surface area (Å²) in [5.74, 6) is -0.850. The Labute approximate surface area is 128 Å². The van der Waals surface area contributed by atoms with Crippen molar-refractivity contribution in [3.8, 4) is 0 Å². The molecule has 1 atom stereocenters. The largest absolute Gasteiger partial charge is 0.481 e. The molecule has 0 radical (unpaired) electrons. The Morgan fingerprint density at radius 3 is 3.00 bits per heavy atom. The number of carbonyl (C=O) groups excluding carboxylic acids is 1. The summed E-state index contributed by atoms with van der Waals surface area (Å²) in [7, 11) is 0. The van der Waals surface area contributed by atoms with Crippen molar-refractivity contribution in [3.05, 3.63) is 22.2 Å². The third-order valence-electron chi connectivity index (χ3n) is 3.64. The van der Waals surface area contributed by atoms with E-state index in [1.165, 1.54) is 0 Å². The summed E-state index contributed by atoms with van der Waals surface area (Å²) >= 11 is 1.55. The van der Waals surface area contributed by atoms with Crippen molar-refractivity contribution in [1.29, 1.82) is 0 Å². The van der Waals surface area contributed by atoms with Gasteiger partial charge in [-0.2, -0.15) is 0 Å². The van der Waals surface area contributed by atoms with Crippen LogP contribution in [-0.2, 0) is 9.59 Å². The van der Waals surface area contributed by atoms with Gasteiger partial charge in [0.1, 0.15) is 0 Å². The van der Waals surface area contributed by atoms with Crippen molar-refractivity contribution in [2.45, 2.75) is 45.1 Å². The van der Waals surface area contributed by atoms with Crippen LogP contribution in [0.1, 0.15) is 42.8 Å². The van der Waals surface area contributed by atoms with Crippen molar-refractivity contribution in [1.82, 2.24) is 9.88 Å². The maximum absolute atomic E-state index is 12.3. The van der Waals surface area contributed by atoms with E-state index < -0.39 is 5.97 Å². The molecule has 0 saturated carbocycles. The first kappa shape index (κ1) is 15.7. The molecule has 6 heteroatoms. The van der Waals surface area contributed by atoms with E-state index >= 15 is 0 Å². The van der Waals surface area contributed by atoms with Gasteiger partial charge < -0.3 is 10.0 Å². The molecule has 0 aromatic carbocycles. The number of amides is 1. The highest BCUT2D eigenvalue weighted by Gasteiger charge is 2.25. The molecule has 1 aromatic heterocycles. The lowest BCUT2D eigenvalue weighted by atomic mass is 9.98. The fraction of sp³-hybridized carbons (Fsp3) is 0.533. The average Bonchev–Trinajstić information content (AvgIpc) is 2.88. The van der Waals surface area contributed by atoms with Crippen LogP contribution < -0.4 is 0 Å². The van der Waals surface area contributed by atoms with E-state index in [0.717, 1.165) is 30.0 Å². The van der Waals surface area contributed by atoms with E-state index in [1.54, 1.807) is 23.5 Å². The van der Waals surface area contributed by atoms with E-state index in [2.05, 4.69) is 4.98 Å². The molecule has 114 valence electrons. The van der Waals surface area contributed by atoms with Gasteiger partial charge in [0, 0.05) is 30.5 Å². The molecule has 2 heterocycles. The average molecular weight is 308 g/mol. The predicted octanol–water partition coefficient (Wildman–Crippen LogP) is 2.71. The standard InChI is InChI=1S/C15H20N2O3S/c1-11-16-12(10-21-11)5-7-14(18)17-9-3-2-4-13(17)6-8-15(19)20/h5,7,10,13H,2-4,6,8-9H2,1H3,(H,19,20)/b7-5+/t13-/m0/s1. The number of hydrogen-bond donors (Lipinski definition) is 1. The van der Waals surface area contributed by atoms with Gasteiger partial charge in [0.05, 0.1) is 10.7 Å². The number of carboxylic acids is 1. The number of likely N-dealkylation sites (tertiary alicyclic amines) is 1. The van der Waals surface area contributed by atoms with E-state index in [1.807, 2.05) is 17.2 Å². The van der Waals surface area contributed by atoms with Gasteiger partial charge in [-0.1, -0.05) is 0 Å². The molecule has 1 aromatic rings. The zero-order valence-corrected chi connectivity index (χ0v) is 12.9. The second-order valence-corrected chi connectivity index (χ2v) is 6.30. The fourth-order valence-electron chi connectivity index (χ4n) is 2.59. The molecule has 1 fully saturated rings. The minimum atomic E-state index is -0.804. The Balaban J connectivity index is 1.97. The van der Waals surface area contributed by atoms with Crippen LogP contribution in [0.3, 0.4) is 0 Å². The Morgan fingerprint density at radius 2 is 2.33 bits per heavy atom. The number of carbonyl (C=O) groups is 2. The van der Waals surface area contributed by atoms with Gasteiger partial charge >= 0.3 is 5.97 Å². The maximum Gasteiger partial charge on any atom is 0.303 e. The van der Waals surface area contributed by atoms with E-state index in [-0.39, 0.29) is 18.4 Å².